The predicted octanol–water partition coefficient (Wildman–Crippen LogP) is 5.05. The first kappa shape index (κ1) is 18.5. The third-order valence-electron chi connectivity index (χ3n) is 4.86. The minimum absolute atomic E-state index is 0. The van der Waals surface area contributed by atoms with Crippen molar-refractivity contribution in [2.24, 2.45) is 0 Å². The van der Waals surface area contributed by atoms with E-state index in [2.05, 4.69) is 69.2 Å². The van der Waals surface area contributed by atoms with Gasteiger partial charge in [0.15, 0.2) is 0 Å². The molecule has 115 valence electrons. The number of aromatic nitrogens is 1. The molecule has 0 aliphatic heterocycles. The zero-order valence-corrected chi connectivity index (χ0v) is 16.0. The molecule has 0 amide bonds. The summed E-state index contributed by atoms with van der Waals surface area (Å²) in [7, 11) is 0. The SMILES string of the molecule is Cl.Cl.[CH2]=[Ti]([CH3])([CH3])([CH3])([c]1ccc[nH]1)[CH]1C=Cc2ccccc21. The molecule has 0 saturated carbocycles. The summed E-state index contributed by atoms with van der Waals surface area (Å²) in [5.41, 5.74) is 2.78. The fourth-order valence-electron chi connectivity index (χ4n) is 3.47. The van der Waals surface area contributed by atoms with Crippen LogP contribution in [0.5, 0.6) is 0 Å². The standard InChI is InChI=1S/C9H7.C4H4N.3CH3.CH2.2ClH.Ti/c1-2-5-9-7-3-6-8(9)4-1;1-2-4-5-3-1;;;;;;;/h1-7H;1-3,5H;3*1H3;1H2;2*1H;. The van der Waals surface area contributed by atoms with E-state index in [4.69, 9.17) is 4.82 Å². The fourth-order valence-corrected chi connectivity index (χ4v) is 10.2. The van der Waals surface area contributed by atoms with Gasteiger partial charge in [0.25, 0.3) is 0 Å². The molecule has 1 N–H and O–H groups in total. The average molecular weight is 361 g/mol. The second-order valence-corrected chi connectivity index (χ2v) is 24.7. The molecule has 1 aliphatic rings. The van der Waals surface area contributed by atoms with Crippen molar-refractivity contribution < 1.29 is 13.6 Å². The van der Waals surface area contributed by atoms with Gasteiger partial charge in [0, 0.05) is 0 Å². The first-order valence-corrected chi connectivity index (χ1v) is 14.4. The normalized spacial score (nSPS) is 19.7. The number of halogens is 2. The van der Waals surface area contributed by atoms with Crippen LogP contribution in [0.3, 0.4) is 0 Å². The average Bonchev–Trinajstić information content (AvgIpc) is 2.98. The van der Waals surface area contributed by atoms with Crippen LogP contribution in [-0.2, 0) is 13.6 Å². The van der Waals surface area contributed by atoms with Gasteiger partial charge in [0.1, 0.15) is 0 Å². The number of hydrogen-bond donors (Lipinski definition) is 1. The Hall–Kier alpha value is -0.596. The predicted molar refractivity (Wildman–Crippen MR) is 97.9 cm³/mol. The van der Waals surface area contributed by atoms with Crippen molar-refractivity contribution in [1.82, 2.24) is 4.98 Å². The molecule has 1 atom stereocenters. The van der Waals surface area contributed by atoms with Gasteiger partial charge in [-0.25, -0.2) is 0 Å². The van der Waals surface area contributed by atoms with Crippen LogP contribution in [0, 0.1) is 0 Å². The number of allylic oxidation sites excluding steroid dienone is 1. The molecule has 0 fully saturated rings. The van der Waals surface area contributed by atoms with Gasteiger partial charge in [-0.15, -0.1) is 24.8 Å². The summed E-state index contributed by atoms with van der Waals surface area (Å²) in [6.45, 7) is 0. The molecule has 0 bridgehead atoms. The first-order chi connectivity index (χ1) is 8.72. The van der Waals surface area contributed by atoms with Crippen LogP contribution < -0.4 is 4.00 Å². The molecule has 0 saturated heterocycles. The maximum atomic E-state index is 4.86. The molecule has 3 rings (SSSR count). The van der Waals surface area contributed by atoms with E-state index in [1.54, 1.807) is 0 Å². The second-order valence-electron chi connectivity index (χ2n) is 8.25. The molecule has 4 heteroatoms. The molecule has 0 radical (unpaired) electrons. The van der Waals surface area contributed by atoms with E-state index in [0.29, 0.717) is 4.22 Å². The van der Waals surface area contributed by atoms with Crippen molar-refractivity contribution in [2.45, 2.75) is 19.9 Å². The summed E-state index contributed by atoms with van der Waals surface area (Å²) in [6.07, 6.45) is 6.64. The summed E-state index contributed by atoms with van der Waals surface area (Å²) in [4.78, 5) is 8.32. The van der Waals surface area contributed by atoms with Crippen LogP contribution in [0.4, 0.5) is 0 Å². The summed E-state index contributed by atoms with van der Waals surface area (Å²) in [5.74, 6) is 0. The maximum absolute atomic E-state index is 4.86. The summed E-state index contributed by atoms with van der Waals surface area (Å²) in [6, 6.07) is 13.0. The van der Waals surface area contributed by atoms with Crippen molar-refractivity contribution in [2.75, 3.05) is 0 Å². The van der Waals surface area contributed by atoms with Crippen LogP contribution in [0.2, 0.25) is 15.7 Å². The Morgan fingerprint density at radius 3 is 2.29 bits per heavy atom. The van der Waals surface area contributed by atoms with Gasteiger partial charge in [0.05, 0.1) is 0 Å². The van der Waals surface area contributed by atoms with Crippen LogP contribution in [0.1, 0.15) is 15.3 Å². The van der Waals surface area contributed by atoms with Crippen LogP contribution >= 0.6 is 24.8 Å². The molecule has 1 aliphatic carbocycles. The van der Waals surface area contributed by atoms with Gasteiger partial charge in [0.2, 0.25) is 0 Å². The second kappa shape index (κ2) is 4.96. The third kappa shape index (κ3) is 2.73. The van der Waals surface area contributed by atoms with Gasteiger partial charge in [-0.05, 0) is 0 Å². The Labute approximate surface area is 137 Å². The van der Waals surface area contributed by atoms with Gasteiger partial charge in [-0.3, -0.25) is 0 Å². The van der Waals surface area contributed by atoms with Crippen molar-refractivity contribution in [3.63, 3.8) is 0 Å². The number of hydrogen-bond acceptors (Lipinski definition) is 0. The summed E-state index contributed by atoms with van der Waals surface area (Å²) in [5, 5.41) is 7.26. The fraction of sp³-hybridized carbons (Fsp3) is 0.235. The van der Waals surface area contributed by atoms with Crippen LogP contribution in [-0.4, -0.2) is 9.80 Å². The molecule has 0 spiro atoms. The van der Waals surface area contributed by atoms with Gasteiger partial charge >= 0.3 is 113 Å². The molecule has 1 unspecified atom stereocenters. The van der Waals surface area contributed by atoms with Crippen molar-refractivity contribution in [3.8, 4) is 0 Å². The van der Waals surface area contributed by atoms with E-state index in [0.717, 1.165) is 0 Å². The van der Waals surface area contributed by atoms with Gasteiger partial charge in [-0.1, -0.05) is 0 Å². The molecule has 21 heavy (non-hydrogen) atoms. The molecule has 1 heterocycles. The van der Waals surface area contributed by atoms with E-state index < -0.39 is 13.6 Å². The third-order valence-corrected chi connectivity index (χ3v) is 13.8. The Morgan fingerprint density at radius 2 is 1.67 bits per heavy atom. The van der Waals surface area contributed by atoms with Crippen molar-refractivity contribution >= 4 is 39.7 Å². The number of fused-ring (bicyclic) bond motifs is 1. The first-order valence-electron chi connectivity index (χ1n) is 6.96. The van der Waals surface area contributed by atoms with Gasteiger partial charge < -0.3 is 0 Å². The number of rotatable bonds is 2. The summed E-state index contributed by atoms with van der Waals surface area (Å²) >= 11 is -3.61. The molecular formula is C17H24Cl2NTi. The zero-order valence-electron chi connectivity index (χ0n) is 12.8. The topological polar surface area (TPSA) is 15.8 Å². The van der Waals surface area contributed by atoms with Crippen molar-refractivity contribution in [3.05, 3.63) is 59.8 Å². The summed E-state index contributed by atoms with van der Waals surface area (Å²) < 4.78 is 1.77. The zero-order chi connectivity index (χ0) is 13.8. The van der Waals surface area contributed by atoms with Crippen LogP contribution in [0.15, 0.2) is 48.7 Å². The Balaban J connectivity index is 0.00000110. The molecule has 1 nitrogen and oxygen atoms in total. The Bertz CT molecular complexity index is 752. The molecular weight excluding hydrogens is 337 g/mol. The Morgan fingerprint density at radius 1 is 1.00 bits per heavy atom. The molecule has 1 aromatic carbocycles. The van der Waals surface area contributed by atoms with E-state index in [9.17, 15) is 0 Å². The van der Waals surface area contributed by atoms with Gasteiger partial charge in [-0.2, -0.15) is 0 Å². The van der Waals surface area contributed by atoms with E-state index in [1.165, 1.54) is 15.1 Å². The Kier molecular flexibility index (Phi) is 4.36. The molecule has 2 aromatic rings. The monoisotopic (exact) mass is 360 g/mol. The van der Waals surface area contributed by atoms with E-state index in [1.807, 2.05) is 6.20 Å². The molecule has 1 aromatic heterocycles. The van der Waals surface area contributed by atoms with Crippen molar-refractivity contribution in [1.29, 1.82) is 0 Å². The van der Waals surface area contributed by atoms with E-state index in [-0.39, 0.29) is 24.8 Å². The van der Waals surface area contributed by atoms with E-state index >= 15 is 0 Å². The number of benzene rings is 1. The number of H-pyrrole nitrogens is 1. The quantitative estimate of drug-likeness (QED) is 0.721. The number of aromatic amines is 1. The van der Waals surface area contributed by atoms with Crippen LogP contribution in [0.25, 0.3) is 6.08 Å². The minimum atomic E-state index is -3.61. The number of nitrogens with one attached hydrogen (secondary N) is 1.